The third-order valence-electron chi connectivity index (χ3n) is 4.63. The van der Waals surface area contributed by atoms with Crippen LogP contribution in [0.5, 0.6) is 0 Å². The van der Waals surface area contributed by atoms with Gasteiger partial charge >= 0.3 is 5.97 Å². The highest BCUT2D eigenvalue weighted by Crippen LogP contribution is 2.09. The summed E-state index contributed by atoms with van der Waals surface area (Å²) in [6, 6.07) is -2.83. The van der Waals surface area contributed by atoms with E-state index in [9.17, 15) is 24.0 Å². The third-order valence-corrected chi connectivity index (χ3v) is 4.63. The lowest BCUT2D eigenvalue weighted by Gasteiger charge is -2.25. The molecule has 1 rings (SSSR count). The van der Waals surface area contributed by atoms with E-state index in [0.29, 0.717) is 12.8 Å². The molecule has 0 spiro atoms. The summed E-state index contributed by atoms with van der Waals surface area (Å²) in [5, 5.41) is 19.4. The van der Waals surface area contributed by atoms with Gasteiger partial charge in [0, 0.05) is 0 Å². The number of aliphatic carboxylic acids is 1. The average Bonchev–Trinajstić information content (AvgIpc) is 3.17. The van der Waals surface area contributed by atoms with Gasteiger partial charge in [-0.05, 0) is 25.3 Å². The predicted octanol–water partition coefficient (Wildman–Crippen LogP) is -2.17. The molecule has 0 aromatic carbocycles. The van der Waals surface area contributed by atoms with E-state index in [1.807, 2.05) is 6.92 Å². The molecule has 0 bridgehead atoms. The van der Waals surface area contributed by atoms with Crippen molar-refractivity contribution in [3.8, 4) is 0 Å². The Balaban J connectivity index is 2.66. The predicted molar refractivity (Wildman–Crippen MR) is 98.8 cm³/mol. The van der Waals surface area contributed by atoms with Crippen molar-refractivity contribution in [3.05, 3.63) is 0 Å². The molecule has 11 heteroatoms. The number of hydrogen-bond donors (Lipinski definition) is 6. The Kier molecular flexibility index (Phi) is 9.36. The van der Waals surface area contributed by atoms with Crippen molar-refractivity contribution in [2.75, 3.05) is 13.1 Å². The Hall–Kier alpha value is -2.69. The van der Waals surface area contributed by atoms with Gasteiger partial charge in [-0.1, -0.05) is 20.3 Å². The van der Waals surface area contributed by atoms with Crippen molar-refractivity contribution in [1.29, 1.82) is 0 Å². The quantitative estimate of drug-likeness (QED) is 0.229. The van der Waals surface area contributed by atoms with Crippen LogP contribution in [-0.2, 0) is 24.0 Å². The number of carbonyl (C=O) groups excluding carboxylic acids is 4. The molecule has 0 radical (unpaired) electrons. The smallest absolute Gasteiger partial charge is 0.326 e. The first kappa shape index (κ1) is 23.3. The summed E-state index contributed by atoms with van der Waals surface area (Å²) in [7, 11) is 0. The fraction of sp³-hybridized carbons (Fsp3) is 0.706. The second-order valence-corrected chi connectivity index (χ2v) is 6.87. The highest BCUT2D eigenvalue weighted by molar-refractivity contribution is 5.93. The van der Waals surface area contributed by atoms with Crippen LogP contribution < -0.4 is 27.0 Å². The van der Waals surface area contributed by atoms with E-state index >= 15 is 0 Å². The number of amides is 4. The zero-order valence-electron chi connectivity index (χ0n) is 16.1. The topological polar surface area (TPSA) is 180 Å². The van der Waals surface area contributed by atoms with Crippen LogP contribution in [0.1, 0.15) is 39.5 Å². The minimum Gasteiger partial charge on any atom is -0.480 e. The zero-order chi connectivity index (χ0) is 21.3. The molecule has 158 valence electrons. The maximum atomic E-state index is 12.5. The first-order valence-corrected chi connectivity index (χ1v) is 9.27. The molecule has 0 aromatic rings. The summed E-state index contributed by atoms with van der Waals surface area (Å²) >= 11 is 0. The van der Waals surface area contributed by atoms with Crippen molar-refractivity contribution in [3.63, 3.8) is 0 Å². The Morgan fingerprint density at radius 2 is 1.89 bits per heavy atom. The Morgan fingerprint density at radius 1 is 1.21 bits per heavy atom. The van der Waals surface area contributed by atoms with Gasteiger partial charge in [-0.3, -0.25) is 19.2 Å². The molecule has 11 nitrogen and oxygen atoms in total. The lowest BCUT2D eigenvalue weighted by molar-refractivity contribution is -0.144. The molecule has 1 saturated heterocycles. The lowest BCUT2D eigenvalue weighted by atomic mass is 9.97. The maximum Gasteiger partial charge on any atom is 0.326 e. The first-order chi connectivity index (χ1) is 13.1. The number of carboxylic acids is 1. The summed E-state index contributed by atoms with van der Waals surface area (Å²) in [6.07, 6.45) is 1.55. The van der Waals surface area contributed by atoms with Gasteiger partial charge < -0.3 is 32.1 Å². The number of rotatable bonds is 11. The Bertz CT molecular complexity index is 605. The van der Waals surface area contributed by atoms with Gasteiger partial charge in [0.1, 0.15) is 12.1 Å². The molecule has 0 saturated carbocycles. The average molecular weight is 399 g/mol. The molecule has 1 aliphatic heterocycles. The van der Waals surface area contributed by atoms with Crippen LogP contribution in [0.15, 0.2) is 0 Å². The van der Waals surface area contributed by atoms with Crippen molar-refractivity contribution < 1.29 is 29.1 Å². The molecular weight excluding hydrogens is 370 g/mol. The van der Waals surface area contributed by atoms with Gasteiger partial charge in [-0.25, -0.2) is 4.79 Å². The number of primary amides is 1. The molecule has 0 aliphatic carbocycles. The normalized spacial score (nSPS) is 19.1. The number of nitrogens with two attached hydrogens (primary N) is 1. The largest absolute Gasteiger partial charge is 0.480 e. The van der Waals surface area contributed by atoms with Gasteiger partial charge in [0.2, 0.25) is 23.6 Å². The van der Waals surface area contributed by atoms with Gasteiger partial charge in [-0.2, -0.15) is 0 Å². The number of hydrogen-bond acceptors (Lipinski definition) is 6. The molecule has 4 amide bonds. The highest BCUT2D eigenvalue weighted by Gasteiger charge is 2.30. The van der Waals surface area contributed by atoms with Crippen LogP contribution in [0.3, 0.4) is 0 Å². The summed E-state index contributed by atoms with van der Waals surface area (Å²) in [5.41, 5.74) is 5.00. The summed E-state index contributed by atoms with van der Waals surface area (Å²) in [6.45, 7) is 3.97. The van der Waals surface area contributed by atoms with E-state index in [1.54, 1.807) is 6.92 Å². The van der Waals surface area contributed by atoms with Gasteiger partial charge in [0.25, 0.3) is 0 Å². The minimum absolute atomic E-state index is 0.287. The second-order valence-electron chi connectivity index (χ2n) is 6.87. The third kappa shape index (κ3) is 7.51. The van der Waals surface area contributed by atoms with Crippen molar-refractivity contribution >= 4 is 29.6 Å². The summed E-state index contributed by atoms with van der Waals surface area (Å²) < 4.78 is 0. The van der Waals surface area contributed by atoms with E-state index < -0.39 is 42.2 Å². The second kappa shape index (κ2) is 11.2. The number of carboxylic acid groups (broad SMARTS) is 1. The fourth-order valence-electron chi connectivity index (χ4n) is 2.79. The molecule has 7 N–H and O–H groups in total. The molecular formula is C17H29N5O6. The van der Waals surface area contributed by atoms with E-state index in [1.165, 1.54) is 0 Å². The van der Waals surface area contributed by atoms with E-state index in [4.69, 9.17) is 10.8 Å². The molecule has 4 atom stereocenters. The minimum atomic E-state index is -1.48. The molecule has 28 heavy (non-hydrogen) atoms. The van der Waals surface area contributed by atoms with E-state index in [2.05, 4.69) is 21.3 Å². The summed E-state index contributed by atoms with van der Waals surface area (Å²) in [5.74, 6) is -4.18. The lowest BCUT2D eigenvalue weighted by Crippen LogP contribution is -2.56. The number of nitrogens with one attached hydrogen (secondary N) is 4. The van der Waals surface area contributed by atoms with Crippen molar-refractivity contribution in [2.24, 2.45) is 11.7 Å². The van der Waals surface area contributed by atoms with Gasteiger partial charge in [0.05, 0.1) is 19.0 Å². The molecule has 1 aliphatic rings. The van der Waals surface area contributed by atoms with Crippen LogP contribution in [0.4, 0.5) is 0 Å². The van der Waals surface area contributed by atoms with E-state index in [-0.39, 0.29) is 24.4 Å². The maximum absolute atomic E-state index is 12.5. The van der Waals surface area contributed by atoms with Crippen LogP contribution in [0.25, 0.3) is 0 Å². The van der Waals surface area contributed by atoms with Crippen LogP contribution in [0.2, 0.25) is 0 Å². The van der Waals surface area contributed by atoms with E-state index in [0.717, 1.165) is 13.0 Å². The SMILES string of the molecule is CCC(C)C(NC(=O)CNC(=O)C1CCCN1)C(=O)NC(CC(N)=O)C(=O)O. The fourth-order valence-corrected chi connectivity index (χ4v) is 2.79. The van der Waals surface area contributed by atoms with Crippen LogP contribution in [-0.4, -0.2) is 65.9 Å². The Labute approximate surface area is 163 Å². The number of carbonyl (C=O) groups is 5. The zero-order valence-corrected chi connectivity index (χ0v) is 16.1. The van der Waals surface area contributed by atoms with Gasteiger partial charge in [-0.15, -0.1) is 0 Å². The van der Waals surface area contributed by atoms with Gasteiger partial charge in [0.15, 0.2) is 0 Å². The first-order valence-electron chi connectivity index (χ1n) is 9.27. The van der Waals surface area contributed by atoms with Crippen LogP contribution >= 0.6 is 0 Å². The standard InChI is InChI=1S/C17H29N5O6/c1-3-9(2)14(16(26)21-11(17(27)28)7-12(18)23)22-13(24)8-20-15(25)10-5-4-6-19-10/h9-11,14,19H,3-8H2,1-2H3,(H2,18,23)(H,20,25)(H,21,26)(H,22,24)(H,27,28). The monoisotopic (exact) mass is 399 g/mol. The molecule has 1 fully saturated rings. The molecule has 0 aromatic heterocycles. The molecule has 1 heterocycles. The van der Waals surface area contributed by atoms with Crippen molar-refractivity contribution in [2.45, 2.75) is 57.7 Å². The summed E-state index contributed by atoms with van der Waals surface area (Å²) in [4.78, 5) is 58.8. The van der Waals surface area contributed by atoms with Crippen molar-refractivity contribution in [1.82, 2.24) is 21.3 Å². The van der Waals surface area contributed by atoms with Crippen LogP contribution in [0, 0.1) is 5.92 Å². The Morgan fingerprint density at radius 3 is 2.39 bits per heavy atom. The highest BCUT2D eigenvalue weighted by atomic mass is 16.4. The molecule has 4 unspecified atom stereocenters.